The Hall–Kier alpha value is -1.11. The summed E-state index contributed by atoms with van der Waals surface area (Å²) in [6, 6.07) is 3.69. The number of carboxylic acids is 1. The zero-order chi connectivity index (χ0) is 17.4. The molecule has 5 nitrogen and oxygen atoms in total. The molecule has 1 aromatic rings. The average Bonchev–Trinajstić information content (AvgIpc) is 2.48. The summed E-state index contributed by atoms with van der Waals surface area (Å²) in [6.07, 6.45) is 1.17. The first-order valence-electron chi connectivity index (χ1n) is 7.05. The van der Waals surface area contributed by atoms with Crippen molar-refractivity contribution in [3.05, 3.63) is 28.2 Å². The van der Waals surface area contributed by atoms with Gasteiger partial charge in [0.05, 0.1) is 14.9 Å². The number of rotatable bonds is 4. The first kappa shape index (κ1) is 18.2. The van der Waals surface area contributed by atoms with Crippen molar-refractivity contribution in [3.8, 4) is 0 Å². The molecule has 0 aromatic heterocycles. The molecule has 2 atom stereocenters. The summed E-state index contributed by atoms with van der Waals surface area (Å²) in [5.74, 6) is -2.36. The summed E-state index contributed by atoms with van der Waals surface area (Å²) in [7, 11) is -4.26. The Morgan fingerprint density at radius 3 is 2.48 bits per heavy atom. The Balaban J connectivity index is 2.56. The molecule has 1 saturated carbocycles. The lowest BCUT2D eigenvalue weighted by Gasteiger charge is -2.35. The van der Waals surface area contributed by atoms with Crippen LogP contribution in [0, 0.1) is 5.92 Å². The number of benzene rings is 1. The third-order valence-corrected chi connectivity index (χ3v) is 7.68. The lowest BCUT2D eigenvalue weighted by atomic mass is 9.79. The van der Waals surface area contributed by atoms with E-state index in [0.717, 1.165) is 13.0 Å². The van der Waals surface area contributed by atoms with Crippen molar-refractivity contribution in [3.63, 3.8) is 0 Å². The second-order valence-corrected chi connectivity index (χ2v) is 8.96. The van der Waals surface area contributed by atoms with Crippen LogP contribution in [0.2, 0.25) is 10.0 Å². The molecule has 126 valence electrons. The van der Waals surface area contributed by atoms with Gasteiger partial charge >= 0.3 is 5.97 Å². The second kappa shape index (κ2) is 6.42. The molecule has 1 N–H and O–H groups in total. The fraction of sp³-hybridized carbons (Fsp3) is 0.467. The van der Waals surface area contributed by atoms with E-state index in [-0.39, 0.29) is 27.1 Å². The molecular weight excluding hydrogens is 363 g/mol. The van der Waals surface area contributed by atoms with Gasteiger partial charge in [0.15, 0.2) is 14.6 Å². The van der Waals surface area contributed by atoms with Gasteiger partial charge in [0.1, 0.15) is 5.78 Å². The van der Waals surface area contributed by atoms with Gasteiger partial charge in [-0.3, -0.25) is 9.59 Å². The first-order chi connectivity index (χ1) is 10.6. The molecule has 0 saturated heterocycles. The van der Waals surface area contributed by atoms with Gasteiger partial charge in [0.25, 0.3) is 0 Å². The number of aliphatic carboxylic acids is 1. The minimum Gasteiger partial charge on any atom is -0.480 e. The molecule has 1 aliphatic rings. The van der Waals surface area contributed by atoms with Gasteiger partial charge in [-0.1, -0.05) is 23.2 Å². The quantitative estimate of drug-likeness (QED) is 0.867. The van der Waals surface area contributed by atoms with Gasteiger partial charge in [-0.05, 0) is 43.9 Å². The molecule has 0 amide bonds. The van der Waals surface area contributed by atoms with Gasteiger partial charge in [-0.25, -0.2) is 8.42 Å². The smallest absolute Gasteiger partial charge is 0.325 e. The maximum Gasteiger partial charge on any atom is 0.325 e. The molecule has 0 radical (unpaired) electrons. The van der Waals surface area contributed by atoms with E-state index in [2.05, 4.69) is 0 Å². The summed E-state index contributed by atoms with van der Waals surface area (Å²) >= 11 is 11.6. The molecule has 23 heavy (non-hydrogen) atoms. The highest BCUT2D eigenvalue weighted by atomic mass is 35.5. The number of hydrogen-bond donors (Lipinski definition) is 1. The lowest BCUT2D eigenvalue weighted by Crippen LogP contribution is -2.51. The van der Waals surface area contributed by atoms with Crippen LogP contribution in [0.1, 0.15) is 32.6 Å². The molecule has 1 aromatic carbocycles. The molecule has 0 bridgehead atoms. The molecule has 1 fully saturated rings. The van der Waals surface area contributed by atoms with Crippen LogP contribution < -0.4 is 0 Å². The largest absolute Gasteiger partial charge is 0.480 e. The highest BCUT2D eigenvalue weighted by Gasteiger charge is 2.54. The Morgan fingerprint density at radius 1 is 1.30 bits per heavy atom. The van der Waals surface area contributed by atoms with E-state index in [9.17, 15) is 23.1 Å². The number of sulfone groups is 1. The van der Waals surface area contributed by atoms with Crippen LogP contribution in [0.25, 0.3) is 0 Å². The minimum atomic E-state index is -4.26. The number of halogens is 2. The zero-order valence-electron chi connectivity index (χ0n) is 12.4. The van der Waals surface area contributed by atoms with Gasteiger partial charge in [0.2, 0.25) is 0 Å². The summed E-state index contributed by atoms with van der Waals surface area (Å²) in [6.45, 7) is 1.16. The van der Waals surface area contributed by atoms with E-state index in [1.807, 2.05) is 0 Å². The van der Waals surface area contributed by atoms with Crippen molar-refractivity contribution in [2.24, 2.45) is 5.92 Å². The number of Topliss-reactive ketones (excluding diaryl/α,β-unsaturated/α-hetero) is 1. The van der Waals surface area contributed by atoms with Crippen LogP contribution in [-0.2, 0) is 19.4 Å². The van der Waals surface area contributed by atoms with E-state index in [1.54, 1.807) is 0 Å². The maximum absolute atomic E-state index is 13.0. The second-order valence-electron chi connectivity index (χ2n) is 5.82. The SMILES string of the molecule is CC(C(=O)O)(C1CCCC(=O)C1)S(=O)(=O)c1ccc(Cl)c(Cl)c1. The van der Waals surface area contributed by atoms with E-state index >= 15 is 0 Å². The van der Waals surface area contributed by atoms with Crippen molar-refractivity contribution in [1.29, 1.82) is 0 Å². The van der Waals surface area contributed by atoms with Crippen molar-refractivity contribution in [2.75, 3.05) is 0 Å². The van der Waals surface area contributed by atoms with Gasteiger partial charge in [-0.2, -0.15) is 0 Å². The van der Waals surface area contributed by atoms with Gasteiger partial charge in [0, 0.05) is 12.8 Å². The maximum atomic E-state index is 13.0. The number of hydrogen-bond acceptors (Lipinski definition) is 4. The van der Waals surface area contributed by atoms with Gasteiger partial charge in [-0.15, -0.1) is 0 Å². The van der Waals surface area contributed by atoms with Crippen LogP contribution in [0.4, 0.5) is 0 Å². The van der Waals surface area contributed by atoms with Crippen molar-refractivity contribution < 1.29 is 23.1 Å². The van der Waals surface area contributed by atoms with Crippen LogP contribution in [0.5, 0.6) is 0 Å². The minimum absolute atomic E-state index is 0.0280. The van der Waals surface area contributed by atoms with E-state index in [1.165, 1.54) is 12.1 Å². The first-order valence-corrected chi connectivity index (χ1v) is 9.29. The normalized spacial score (nSPS) is 21.7. The molecule has 8 heteroatoms. The summed E-state index contributed by atoms with van der Waals surface area (Å²) in [4.78, 5) is 23.3. The van der Waals surface area contributed by atoms with Gasteiger partial charge < -0.3 is 5.11 Å². The Kier molecular flexibility index (Phi) is 5.09. The highest BCUT2D eigenvalue weighted by molar-refractivity contribution is 7.93. The van der Waals surface area contributed by atoms with E-state index in [4.69, 9.17) is 23.2 Å². The molecule has 0 aliphatic heterocycles. The summed E-state index contributed by atoms with van der Waals surface area (Å²) < 4.78 is 23.8. The third-order valence-electron chi connectivity index (χ3n) is 4.45. The summed E-state index contributed by atoms with van der Waals surface area (Å²) in [5, 5.41) is 9.85. The Bertz CT molecular complexity index is 759. The number of carbonyl (C=O) groups is 2. The zero-order valence-corrected chi connectivity index (χ0v) is 14.7. The molecule has 0 heterocycles. The third kappa shape index (κ3) is 3.12. The van der Waals surface area contributed by atoms with E-state index < -0.39 is 26.5 Å². The molecule has 1 aliphatic carbocycles. The molecule has 2 rings (SSSR count). The van der Waals surface area contributed by atoms with Crippen LogP contribution in [-0.4, -0.2) is 30.0 Å². The number of ketones is 1. The van der Waals surface area contributed by atoms with Crippen LogP contribution in [0.15, 0.2) is 23.1 Å². The summed E-state index contributed by atoms with van der Waals surface area (Å²) in [5.41, 5.74) is 0. The molecular formula is C15H16Cl2O5S. The molecule has 0 spiro atoms. The van der Waals surface area contributed by atoms with Crippen molar-refractivity contribution in [2.45, 2.75) is 42.2 Å². The fourth-order valence-corrected chi connectivity index (χ4v) is 5.14. The van der Waals surface area contributed by atoms with Crippen LogP contribution in [0.3, 0.4) is 0 Å². The fourth-order valence-electron chi connectivity index (χ4n) is 2.89. The molecule has 2 unspecified atom stereocenters. The highest BCUT2D eigenvalue weighted by Crippen LogP contribution is 2.41. The monoisotopic (exact) mass is 378 g/mol. The van der Waals surface area contributed by atoms with E-state index in [0.29, 0.717) is 19.3 Å². The van der Waals surface area contributed by atoms with Crippen molar-refractivity contribution >= 4 is 44.8 Å². The Morgan fingerprint density at radius 2 is 1.96 bits per heavy atom. The number of carboxylic acid groups (broad SMARTS) is 1. The predicted octanol–water partition coefficient (Wildman–Crippen LogP) is 3.37. The average molecular weight is 379 g/mol. The lowest BCUT2D eigenvalue weighted by molar-refractivity contribution is -0.141. The predicted molar refractivity (Wildman–Crippen MR) is 86.7 cm³/mol. The topological polar surface area (TPSA) is 88.5 Å². The standard InChI is InChI=1S/C15H16Cl2O5S/c1-15(14(19)20,9-3-2-4-10(18)7-9)23(21,22)11-5-6-12(16)13(17)8-11/h5-6,8-9H,2-4,7H2,1H3,(H,19,20). The number of carbonyl (C=O) groups excluding carboxylic acids is 1. The Labute approximate surface area is 144 Å². The van der Waals surface area contributed by atoms with Crippen molar-refractivity contribution in [1.82, 2.24) is 0 Å². The van der Waals surface area contributed by atoms with Crippen LogP contribution >= 0.6 is 23.2 Å².